The van der Waals surface area contributed by atoms with Crippen LogP contribution in [0.3, 0.4) is 0 Å². The average Bonchev–Trinajstić information content (AvgIpc) is 3.07. The summed E-state index contributed by atoms with van der Waals surface area (Å²) in [4.78, 5) is 34.4. The summed E-state index contributed by atoms with van der Waals surface area (Å²) >= 11 is 0. The van der Waals surface area contributed by atoms with Gasteiger partial charge in [0.05, 0.1) is 24.6 Å². The fourth-order valence-electron chi connectivity index (χ4n) is 2.22. The lowest BCUT2D eigenvalue weighted by Gasteiger charge is -2.21. The molecule has 0 radical (unpaired) electrons. The molecule has 0 aliphatic heterocycles. The van der Waals surface area contributed by atoms with Gasteiger partial charge in [0.2, 0.25) is 11.8 Å². The maximum absolute atomic E-state index is 12.3. The Morgan fingerprint density at radius 1 is 1.28 bits per heavy atom. The molecule has 0 aliphatic carbocycles. The minimum atomic E-state index is -0.470. The molecule has 0 saturated heterocycles. The predicted octanol–water partition coefficient (Wildman–Crippen LogP) is 1.63. The molecule has 0 bridgehead atoms. The highest BCUT2D eigenvalue weighted by molar-refractivity contribution is 5.94. The zero-order valence-corrected chi connectivity index (χ0v) is 15.2. The summed E-state index contributed by atoms with van der Waals surface area (Å²) in [6, 6.07) is 1.28. The smallest absolute Gasteiger partial charge is 0.247 e. The minimum absolute atomic E-state index is 0.0640. The van der Waals surface area contributed by atoms with Crippen LogP contribution in [-0.4, -0.2) is 50.1 Å². The molecule has 2 amide bonds. The van der Waals surface area contributed by atoms with Crippen molar-refractivity contribution in [3.05, 3.63) is 36.7 Å². The fraction of sp³-hybridized carbons (Fsp3) is 0.471. The normalized spacial score (nSPS) is 12.5. The van der Waals surface area contributed by atoms with E-state index < -0.39 is 6.04 Å². The van der Waals surface area contributed by atoms with E-state index in [0.29, 0.717) is 11.5 Å². The topological polar surface area (TPSA) is 93.0 Å². The Kier molecular flexibility index (Phi) is 5.51. The highest BCUT2D eigenvalue weighted by Gasteiger charge is 2.21. The van der Waals surface area contributed by atoms with Gasteiger partial charge >= 0.3 is 0 Å². The standard InChI is InChI=1S/C17H24N6O2/c1-12(23-8-6-7-20-23)15(25)22(5)11-14(24)21-13-9-18-16(19-10-13)17(2,3)4/h6-10,12H,11H2,1-5H3,(H,21,24). The molecule has 1 unspecified atom stereocenters. The van der Waals surface area contributed by atoms with Crippen molar-refractivity contribution in [3.63, 3.8) is 0 Å². The molecule has 25 heavy (non-hydrogen) atoms. The number of likely N-dealkylation sites (N-methyl/N-ethyl adjacent to an activating group) is 1. The van der Waals surface area contributed by atoms with E-state index in [2.05, 4.69) is 20.4 Å². The highest BCUT2D eigenvalue weighted by atomic mass is 16.2. The van der Waals surface area contributed by atoms with Crippen LogP contribution in [0.1, 0.15) is 39.6 Å². The van der Waals surface area contributed by atoms with Crippen LogP contribution in [0.25, 0.3) is 0 Å². The van der Waals surface area contributed by atoms with Crippen molar-refractivity contribution in [1.29, 1.82) is 0 Å². The van der Waals surface area contributed by atoms with Crippen molar-refractivity contribution in [2.24, 2.45) is 0 Å². The second-order valence-corrected chi connectivity index (χ2v) is 6.95. The Bertz CT molecular complexity index is 719. The van der Waals surface area contributed by atoms with E-state index in [1.54, 1.807) is 49.5 Å². The lowest BCUT2D eigenvalue weighted by Crippen LogP contribution is -2.38. The van der Waals surface area contributed by atoms with Gasteiger partial charge in [0.15, 0.2) is 0 Å². The largest absolute Gasteiger partial charge is 0.335 e. The van der Waals surface area contributed by atoms with Gasteiger partial charge in [0, 0.05) is 24.9 Å². The lowest BCUT2D eigenvalue weighted by molar-refractivity contribution is -0.136. The third-order valence-electron chi connectivity index (χ3n) is 3.64. The van der Waals surface area contributed by atoms with E-state index in [0.717, 1.165) is 0 Å². The van der Waals surface area contributed by atoms with E-state index in [1.807, 2.05) is 20.8 Å². The van der Waals surface area contributed by atoms with Gasteiger partial charge in [-0.3, -0.25) is 14.3 Å². The first kappa shape index (κ1) is 18.6. The van der Waals surface area contributed by atoms with E-state index >= 15 is 0 Å². The van der Waals surface area contributed by atoms with Crippen molar-refractivity contribution in [3.8, 4) is 0 Å². The number of nitrogens with one attached hydrogen (secondary N) is 1. The molecule has 0 aliphatic rings. The molecule has 2 rings (SSSR count). The molecule has 1 atom stereocenters. The molecule has 1 N–H and O–H groups in total. The predicted molar refractivity (Wildman–Crippen MR) is 93.9 cm³/mol. The molecule has 8 heteroatoms. The number of aromatic nitrogens is 4. The second kappa shape index (κ2) is 7.42. The van der Waals surface area contributed by atoms with Gasteiger partial charge < -0.3 is 10.2 Å². The van der Waals surface area contributed by atoms with Crippen molar-refractivity contribution in [2.75, 3.05) is 18.9 Å². The van der Waals surface area contributed by atoms with E-state index in [4.69, 9.17) is 0 Å². The maximum Gasteiger partial charge on any atom is 0.247 e. The van der Waals surface area contributed by atoms with Gasteiger partial charge in [-0.1, -0.05) is 20.8 Å². The molecule has 2 aromatic rings. The summed E-state index contributed by atoms with van der Waals surface area (Å²) in [6.45, 7) is 7.72. The zero-order chi connectivity index (χ0) is 18.6. The zero-order valence-electron chi connectivity index (χ0n) is 15.2. The summed E-state index contributed by atoms with van der Waals surface area (Å²) in [5.41, 5.74) is 0.344. The van der Waals surface area contributed by atoms with Crippen LogP contribution in [-0.2, 0) is 15.0 Å². The van der Waals surface area contributed by atoms with E-state index in [-0.39, 0.29) is 23.8 Å². The van der Waals surface area contributed by atoms with Crippen LogP contribution in [0, 0.1) is 0 Å². The number of carbonyl (C=O) groups is 2. The molecule has 2 heterocycles. The van der Waals surface area contributed by atoms with Gasteiger partial charge in [-0.05, 0) is 13.0 Å². The summed E-state index contributed by atoms with van der Waals surface area (Å²) in [6.07, 6.45) is 6.46. The molecule has 0 aromatic carbocycles. The number of rotatable bonds is 5. The molecule has 0 saturated carbocycles. The Morgan fingerprint density at radius 3 is 2.44 bits per heavy atom. The molecule has 0 spiro atoms. The monoisotopic (exact) mass is 344 g/mol. The number of amides is 2. The lowest BCUT2D eigenvalue weighted by atomic mass is 9.96. The van der Waals surface area contributed by atoms with Crippen LogP contribution in [0.2, 0.25) is 0 Å². The molecular weight excluding hydrogens is 320 g/mol. The number of hydrogen-bond donors (Lipinski definition) is 1. The van der Waals surface area contributed by atoms with Crippen molar-refractivity contribution in [2.45, 2.75) is 39.2 Å². The van der Waals surface area contributed by atoms with Gasteiger partial charge in [-0.15, -0.1) is 0 Å². The van der Waals surface area contributed by atoms with Crippen LogP contribution in [0.4, 0.5) is 5.69 Å². The summed E-state index contributed by atoms with van der Waals surface area (Å²) < 4.78 is 1.55. The van der Waals surface area contributed by atoms with Gasteiger partial charge in [-0.25, -0.2) is 9.97 Å². The van der Waals surface area contributed by atoms with E-state index in [1.165, 1.54) is 4.90 Å². The van der Waals surface area contributed by atoms with Crippen LogP contribution >= 0.6 is 0 Å². The summed E-state index contributed by atoms with van der Waals surface area (Å²) in [5.74, 6) is 0.194. The molecule has 8 nitrogen and oxygen atoms in total. The molecule has 134 valence electrons. The fourth-order valence-corrected chi connectivity index (χ4v) is 2.22. The highest BCUT2D eigenvalue weighted by Crippen LogP contribution is 2.18. The molecular formula is C17H24N6O2. The van der Waals surface area contributed by atoms with Crippen molar-refractivity contribution < 1.29 is 9.59 Å². The summed E-state index contributed by atoms with van der Waals surface area (Å²) in [5, 5.41) is 6.75. The second-order valence-electron chi connectivity index (χ2n) is 6.95. The third kappa shape index (κ3) is 4.85. The summed E-state index contributed by atoms with van der Waals surface area (Å²) in [7, 11) is 1.58. The minimum Gasteiger partial charge on any atom is -0.335 e. The van der Waals surface area contributed by atoms with Gasteiger partial charge in [-0.2, -0.15) is 5.10 Å². The first-order valence-electron chi connectivity index (χ1n) is 8.05. The first-order chi connectivity index (χ1) is 11.7. The van der Waals surface area contributed by atoms with Crippen molar-refractivity contribution >= 4 is 17.5 Å². The maximum atomic E-state index is 12.3. The molecule has 0 fully saturated rings. The molecule has 2 aromatic heterocycles. The van der Waals surface area contributed by atoms with Crippen molar-refractivity contribution in [1.82, 2.24) is 24.6 Å². The Morgan fingerprint density at radius 2 is 1.92 bits per heavy atom. The Hall–Kier alpha value is -2.77. The number of hydrogen-bond acceptors (Lipinski definition) is 5. The van der Waals surface area contributed by atoms with Gasteiger partial charge in [0.1, 0.15) is 11.9 Å². The van der Waals surface area contributed by atoms with E-state index in [9.17, 15) is 9.59 Å². The quantitative estimate of drug-likeness (QED) is 0.890. The number of carbonyl (C=O) groups excluding carboxylic acids is 2. The van der Waals surface area contributed by atoms with Crippen LogP contribution in [0.5, 0.6) is 0 Å². The Balaban J connectivity index is 1.92. The Labute approximate surface area is 147 Å². The van der Waals surface area contributed by atoms with Gasteiger partial charge in [0.25, 0.3) is 0 Å². The average molecular weight is 344 g/mol. The van der Waals surface area contributed by atoms with Crippen LogP contribution in [0.15, 0.2) is 30.9 Å². The SMILES string of the molecule is CC(C(=O)N(C)CC(=O)Nc1cnc(C(C)(C)C)nc1)n1cccn1. The first-order valence-corrected chi connectivity index (χ1v) is 8.05. The number of nitrogens with zero attached hydrogens (tertiary/aromatic N) is 5. The third-order valence-corrected chi connectivity index (χ3v) is 3.64. The number of anilines is 1. The van der Waals surface area contributed by atoms with Crippen LogP contribution < -0.4 is 5.32 Å².